The molecular weight excluding hydrogens is 342 g/mol. The van der Waals surface area contributed by atoms with Crippen molar-refractivity contribution in [1.29, 1.82) is 0 Å². The van der Waals surface area contributed by atoms with E-state index in [9.17, 15) is 8.42 Å². The number of pyridine rings is 1. The molecule has 0 unspecified atom stereocenters. The summed E-state index contributed by atoms with van der Waals surface area (Å²) in [7, 11) is -3.09. The molecule has 0 amide bonds. The van der Waals surface area contributed by atoms with Crippen molar-refractivity contribution in [3.05, 3.63) is 40.8 Å². The molecule has 3 aromatic rings. The van der Waals surface area contributed by atoms with Gasteiger partial charge in [-0.2, -0.15) is 11.3 Å². The molecule has 1 N–H and O–H groups in total. The Morgan fingerprint density at radius 1 is 1.29 bits per heavy atom. The van der Waals surface area contributed by atoms with Crippen LogP contribution in [0, 0.1) is 0 Å². The number of aromatic nitrogens is 2. The van der Waals surface area contributed by atoms with Crippen molar-refractivity contribution in [2.45, 2.75) is 18.8 Å². The summed E-state index contributed by atoms with van der Waals surface area (Å²) in [6, 6.07) is 4.19. The van der Waals surface area contributed by atoms with Crippen molar-refractivity contribution in [1.82, 2.24) is 14.3 Å². The molecule has 3 aromatic heterocycles. The minimum atomic E-state index is -3.09. The quantitative estimate of drug-likeness (QED) is 0.777. The second kappa shape index (κ2) is 5.98. The molecule has 1 saturated heterocycles. The van der Waals surface area contributed by atoms with Crippen LogP contribution in [-0.4, -0.2) is 42.0 Å². The smallest absolute Gasteiger partial charge is 0.211 e. The first-order valence-electron chi connectivity index (χ1n) is 7.98. The number of hydrogen-bond donors (Lipinski definition) is 1. The lowest BCUT2D eigenvalue weighted by Crippen LogP contribution is -2.37. The number of aromatic amines is 1. The summed E-state index contributed by atoms with van der Waals surface area (Å²) < 4.78 is 25.0. The van der Waals surface area contributed by atoms with Gasteiger partial charge in [0.1, 0.15) is 5.65 Å². The fourth-order valence-corrected chi connectivity index (χ4v) is 5.09. The highest BCUT2D eigenvalue weighted by atomic mass is 32.2. The molecule has 0 bridgehead atoms. The first-order valence-corrected chi connectivity index (χ1v) is 10.8. The van der Waals surface area contributed by atoms with E-state index in [-0.39, 0.29) is 0 Å². The average Bonchev–Trinajstić information content (AvgIpc) is 3.23. The molecule has 4 heterocycles. The van der Waals surface area contributed by atoms with Gasteiger partial charge in [0.2, 0.25) is 10.0 Å². The number of piperidine rings is 1. The zero-order valence-electron chi connectivity index (χ0n) is 13.4. The highest BCUT2D eigenvalue weighted by Gasteiger charge is 2.28. The number of nitrogens with zero attached hydrogens (tertiary/aromatic N) is 2. The summed E-state index contributed by atoms with van der Waals surface area (Å²) in [5.74, 6) is 0.360. The number of H-pyrrole nitrogens is 1. The van der Waals surface area contributed by atoms with Crippen LogP contribution >= 0.6 is 11.3 Å². The summed E-state index contributed by atoms with van der Waals surface area (Å²) in [5.41, 5.74) is 4.57. The van der Waals surface area contributed by atoms with Gasteiger partial charge in [-0.15, -0.1) is 0 Å². The molecule has 5 nitrogen and oxygen atoms in total. The van der Waals surface area contributed by atoms with E-state index in [1.54, 1.807) is 15.6 Å². The topological polar surface area (TPSA) is 66.1 Å². The number of nitrogens with one attached hydrogen (secondary N) is 1. The van der Waals surface area contributed by atoms with Gasteiger partial charge in [-0.05, 0) is 58.3 Å². The Bertz CT molecular complexity index is 953. The zero-order chi connectivity index (χ0) is 16.7. The molecule has 0 aromatic carbocycles. The van der Waals surface area contributed by atoms with Gasteiger partial charge in [-0.3, -0.25) is 0 Å². The third-order valence-corrected chi connectivity index (χ3v) is 6.79. The summed E-state index contributed by atoms with van der Waals surface area (Å²) >= 11 is 1.69. The lowest BCUT2D eigenvalue weighted by Gasteiger charge is -2.30. The van der Waals surface area contributed by atoms with Gasteiger partial charge in [-0.1, -0.05) is 0 Å². The van der Waals surface area contributed by atoms with E-state index < -0.39 is 10.0 Å². The molecule has 7 heteroatoms. The average molecular weight is 361 g/mol. The van der Waals surface area contributed by atoms with Crippen LogP contribution in [0.4, 0.5) is 0 Å². The van der Waals surface area contributed by atoms with Crippen molar-refractivity contribution < 1.29 is 8.42 Å². The molecular formula is C17H19N3O2S2. The van der Waals surface area contributed by atoms with E-state index in [1.165, 1.54) is 28.3 Å². The summed E-state index contributed by atoms with van der Waals surface area (Å²) in [6.45, 7) is 1.18. The SMILES string of the molecule is CS(=O)(=O)N1CCC(c2c[nH]c3nccc(-c4ccsc4)c23)CC1. The van der Waals surface area contributed by atoms with Gasteiger partial charge >= 0.3 is 0 Å². The fraction of sp³-hybridized carbons (Fsp3) is 0.353. The van der Waals surface area contributed by atoms with Gasteiger partial charge in [0.05, 0.1) is 6.26 Å². The van der Waals surface area contributed by atoms with Gasteiger partial charge in [0.25, 0.3) is 0 Å². The predicted octanol–water partition coefficient (Wildman–Crippen LogP) is 3.43. The Kier molecular flexibility index (Phi) is 3.94. The third kappa shape index (κ3) is 2.76. The summed E-state index contributed by atoms with van der Waals surface area (Å²) in [4.78, 5) is 7.75. The lowest BCUT2D eigenvalue weighted by atomic mass is 9.88. The normalized spacial score (nSPS) is 17.5. The molecule has 24 heavy (non-hydrogen) atoms. The molecule has 1 aliphatic heterocycles. The van der Waals surface area contributed by atoms with Crippen molar-refractivity contribution >= 4 is 32.4 Å². The number of hydrogen-bond acceptors (Lipinski definition) is 4. The Morgan fingerprint density at radius 3 is 2.75 bits per heavy atom. The number of rotatable bonds is 3. The van der Waals surface area contributed by atoms with Crippen LogP contribution in [0.25, 0.3) is 22.2 Å². The third-order valence-electron chi connectivity index (χ3n) is 4.80. The van der Waals surface area contributed by atoms with Crippen molar-refractivity contribution in [3.63, 3.8) is 0 Å². The maximum absolute atomic E-state index is 11.7. The molecule has 1 fully saturated rings. The Morgan fingerprint density at radius 2 is 2.08 bits per heavy atom. The van der Waals surface area contributed by atoms with Crippen LogP contribution in [0.3, 0.4) is 0 Å². The molecule has 0 radical (unpaired) electrons. The van der Waals surface area contributed by atoms with Gasteiger partial charge in [0.15, 0.2) is 0 Å². The highest BCUT2D eigenvalue weighted by molar-refractivity contribution is 7.88. The molecule has 0 spiro atoms. The van der Waals surface area contributed by atoms with E-state index >= 15 is 0 Å². The number of thiophene rings is 1. The Hall–Kier alpha value is -1.70. The lowest BCUT2D eigenvalue weighted by molar-refractivity contribution is 0.322. The number of sulfonamides is 1. The fourth-order valence-electron chi connectivity index (χ4n) is 3.56. The van der Waals surface area contributed by atoms with E-state index in [0.29, 0.717) is 19.0 Å². The highest BCUT2D eigenvalue weighted by Crippen LogP contribution is 2.38. The monoisotopic (exact) mass is 361 g/mol. The van der Waals surface area contributed by atoms with E-state index in [4.69, 9.17) is 0 Å². The molecule has 0 saturated carbocycles. The van der Waals surface area contributed by atoms with Crippen LogP contribution in [0.5, 0.6) is 0 Å². The van der Waals surface area contributed by atoms with E-state index in [2.05, 4.69) is 32.9 Å². The maximum Gasteiger partial charge on any atom is 0.211 e. The summed E-state index contributed by atoms with van der Waals surface area (Å²) in [6.07, 6.45) is 6.86. The predicted molar refractivity (Wildman–Crippen MR) is 97.8 cm³/mol. The van der Waals surface area contributed by atoms with E-state index in [0.717, 1.165) is 18.5 Å². The Balaban J connectivity index is 1.71. The van der Waals surface area contributed by atoms with Crippen LogP contribution in [-0.2, 0) is 10.0 Å². The van der Waals surface area contributed by atoms with E-state index in [1.807, 2.05) is 12.4 Å². The van der Waals surface area contributed by atoms with Crippen LogP contribution in [0.2, 0.25) is 0 Å². The van der Waals surface area contributed by atoms with Crippen LogP contribution in [0.15, 0.2) is 35.3 Å². The zero-order valence-corrected chi connectivity index (χ0v) is 15.0. The van der Waals surface area contributed by atoms with Gasteiger partial charge in [0, 0.05) is 30.9 Å². The van der Waals surface area contributed by atoms with Crippen LogP contribution < -0.4 is 0 Å². The van der Waals surface area contributed by atoms with Crippen molar-refractivity contribution in [2.75, 3.05) is 19.3 Å². The second-order valence-electron chi connectivity index (χ2n) is 6.27. The van der Waals surface area contributed by atoms with Gasteiger partial charge in [-0.25, -0.2) is 17.7 Å². The molecule has 126 valence electrons. The van der Waals surface area contributed by atoms with Crippen LogP contribution in [0.1, 0.15) is 24.3 Å². The standard InChI is InChI=1S/C17H19N3O2S2/c1-24(21,22)20-7-3-12(4-8-20)15-10-19-17-16(15)14(2-6-18-17)13-5-9-23-11-13/h2,5-6,9-12H,3-4,7-8H2,1H3,(H,18,19). The molecule has 0 aliphatic carbocycles. The van der Waals surface area contributed by atoms with Gasteiger partial charge < -0.3 is 4.98 Å². The first kappa shape index (κ1) is 15.8. The minimum Gasteiger partial charge on any atom is -0.346 e. The maximum atomic E-state index is 11.7. The minimum absolute atomic E-state index is 0.360. The first-order chi connectivity index (χ1) is 11.5. The van der Waals surface area contributed by atoms with Crippen molar-refractivity contribution in [3.8, 4) is 11.1 Å². The largest absolute Gasteiger partial charge is 0.346 e. The second-order valence-corrected chi connectivity index (χ2v) is 9.04. The molecule has 4 rings (SSSR count). The summed E-state index contributed by atoms with van der Waals surface area (Å²) in [5, 5.41) is 5.41. The Labute approximate surface area is 145 Å². The molecule has 0 atom stereocenters. The molecule has 1 aliphatic rings. The van der Waals surface area contributed by atoms with Crippen molar-refractivity contribution in [2.24, 2.45) is 0 Å². The number of fused-ring (bicyclic) bond motifs is 1.